The molecule has 0 N–H and O–H groups in total. The number of piperazine rings is 1. The van der Waals surface area contributed by atoms with Crippen molar-refractivity contribution in [1.82, 2.24) is 14.7 Å². The maximum Gasteiger partial charge on any atom is 0.232 e. The number of nitrogens with zero attached hydrogens (tertiary/aromatic N) is 3. The zero-order valence-corrected chi connectivity index (χ0v) is 13.1. The van der Waals surface area contributed by atoms with Crippen LogP contribution in [0.4, 0.5) is 0 Å². The Morgan fingerprint density at radius 1 is 0.913 bits per heavy atom. The maximum atomic E-state index is 12.4. The molecular weight excluding hydrogens is 294 g/mol. The molecule has 2 heterocycles. The van der Waals surface area contributed by atoms with Gasteiger partial charge in [-0.05, 0) is 17.5 Å². The summed E-state index contributed by atoms with van der Waals surface area (Å²) in [6.45, 7) is 3.35. The molecule has 6 heteroatoms. The lowest BCUT2D eigenvalue weighted by molar-refractivity contribution is -0.143. The minimum Gasteiger partial charge on any atom is -0.342 e. The molecule has 0 bridgehead atoms. The van der Waals surface area contributed by atoms with Gasteiger partial charge in [0.05, 0.1) is 0 Å². The molecule has 2 aliphatic rings. The van der Waals surface area contributed by atoms with E-state index >= 15 is 0 Å². The fourth-order valence-electron chi connectivity index (χ4n) is 3.14. The Kier molecular flexibility index (Phi) is 4.60. The van der Waals surface area contributed by atoms with Crippen LogP contribution in [0.5, 0.6) is 0 Å². The third-order valence-corrected chi connectivity index (χ3v) is 4.60. The molecular formula is C17H21N3O3. The Balaban J connectivity index is 1.53. The number of carbonyl (C=O) groups excluding carboxylic acids is 3. The Morgan fingerprint density at radius 3 is 2.26 bits per heavy atom. The van der Waals surface area contributed by atoms with Gasteiger partial charge < -0.3 is 14.7 Å². The summed E-state index contributed by atoms with van der Waals surface area (Å²) in [5.41, 5.74) is 2.45. The normalized spacial score (nSPS) is 17.7. The number of hydrogen-bond acceptors (Lipinski definition) is 3. The van der Waals surface area contributed by atoms with Gasteiger partial charge in [0.15, 0.2) is 0 Å². The molecule has 6 nitrogen and oxygen atoms in total. The van der Waals surface area contributed by atoms with E-state index in [-0.39, 0.29) is 18.2 Å². The predicted molar refractivity (Wildman–Crippen MR) is 84.4 cm³/mol. The van der Waals surface area contributed by atoms with Gasteiger partial charge in [0.1, 0.15) is 6.42 Å². The van der Waals surface area contributed by atoms with Crippen LogP contribution in [0.3, 0.4) is 0 Å². The van der Waals surface area contributed by atoms with Crippen molar-refractivity contribution in [3.8, 4) is 0 Å². The first-order valence-electron chi connectivity index (χ1n) is 7.99. The SMILES string of the molecule is O=CN1CCN(C(=O)CC(=O)N2CCc3ccccc3C2)CC1. The van der Waals surface area contributed by atoms with Gasteiger partial charge in [-0.3, -0.25) is 14.4 Å². The van der Waals surface area contributed by atoms with Gasteiger partial charge in [-0.2, -0.15) is 0 Å². The minimum atomic E-state index is -0.139. The number of fused-ring (bicyclic) bond motifs is 1. The second-order valence-corrected chi connectivity index (χ2v) is 6.03. The summed E-state index contributed by atoms with van der Waals surface area (Å²) in [4.78, 5) is 40.4. The molecule has 23 heavy (non-hydrogen) atoms. The number of carbonyl (C=O) groups is 3. The van der Waals surface area contributed by atoms with Crippen LogP contribution in [0.15, 0.2) is 24.3 Å². The first kappa shape index (κ1) is 15.5. The van der Waals surface area contributed by atoms with Crippen molar-refractivity contribution < 1.29 is 14.4 Å². The smallest absolute Gasteiger partial charge is 0.232 e. The van der Waals surface area contributed by atoms with Crippen molar-refractivity contribution in [2.75, 3.05) is 32.7 Å². The van der Waals surface area contributed by atoms with E-state index in [1.807, 2.05) is 18.2 Å². The summed E-state index contributed by atoms with van der Waals surface area (Å²) in [7, 11) is 0. The molecule has 0 saturated carbocycles. The van der Waals surface area contributed by atoms with E-state index in [1.165, 1.54) is 11.1 Å². The lowest BCUT2D eigenvalue weighted by Crippen LogP contribution is -2.49. The average molecular weight is 315 g/mol. The van der Waals surface area contributed by atoms with Crippen LogP contribution in [0.1, 0.15) is 17.5 Å². The van der Waals surface area contributed by atoms with Crippen LogP contribution >= 0.6 is 0 Å². The lowest BCUT2D eigenvalue weighted by atomic mass is 10.00. The molecule has 122 valence electrons. The Morgan fingerprint density at radius 2 is 1.57 bits per heavy atom. The molecule has 0 atom stereocenters. The molecule has 3 rings (SSSR count). The summed E-state index contributed by atoms with van der Waals surface area (Å²) in [6.07, 6.45) is 1.56. The highest BCUT2D eigenvalue weighted by Crippen LogP contribution is 2.19. The maximum absolute atomic E-state index is 12.4. The van der Waals surface area contributed by atoms with E-state index in [2.05, 4.69) is 6.07 Å². The zero-order valence-electron chi connectivity index (χ0n) is 13.1. The summed E-state index contributed by atoms with van der Waals surface area (Å²) < 4.78 is 0. The van der Waals surface area contributed by atoms with Crippen molar-refractivity contribution in [2.45, 2.75) is 19.4 Å². The lowest BCUT2D eigenvalue weighted by Gasteiger charge is -2.33. The van der Waals surface area contributed by atoms with Gasteiger partial charge in [0.2, 0.25) is 18.2 Å². The second kappa shape index (κ2) is 6.81. The Labute approximate surface area is 135 Å². The predicted octanol–water partition coefficient (Wildman–Crippen LogP) is 0.262. The van der Waals surface area contributed by atoms with Crippen LogP contribution in [0.25, 0.3) is 0 Å². The molecule has 1 aromatic carbocycles. The van der Waals surface area contributed by atoms with Gasteiger partial charge in [0, 0.05) is 39.3 Å². The molecule has 0 aromatic heterocycles. The molecule has 0 radical (unpaired) electrons. The molecule has 1 aromatic rings. The number of hydrogen-bond donors (Lipinski definition) is 0. The van der Waals surface area contributed by atoms with Gasteiger partial charge >= 0.3 is 0 Å². The van der Waals surface area contributed by atoms with Crippen molar-refractivity contribution >= 4 is 18.2 Å². The molecule has 1 saturated heterocycles. The van der Waals surface area contributed by atoms with Crippen LogP contribution in [-0.2, 0) is 27.3 Å². The number of rotatable bonds is 3. The van der Waals surface area contributed by atoms with Gasteiger partial charge in [-0.25, -0.2) is 0 Å². The summed E-state index contributed by atoms with van der Waals surface area (Å²) >= 11 is 0. The van der Waals surface area contributed by atoms with Crippen molar-refractivity contribution in [3.05, 3.63) is 35.4 Å². The molecule has 3 amide bonds. The van der Waals surface area contributed by atoms with E-state index in [4.69, 9.17) is 0 Å². The molecule has 0 spiro atoms. The van der Waals surface area contributed by atoms with E-state index in [0.717, 1.165) is 12.8 Å². The Hall–Kier alpha value is -2.37. The highest BCUT2D eigenvalue weighted by atomic mass is 16.2. The number of amides is 3. The van der Waals surface area contributed by atoms with E-state index in [1.54, 1.807) is 14.7 Å². The molecule has 2 aliphatic heterocycles. The highest BCUT2D eigenvalue weighted by molar-refractivity contribution is 5.97. The van der Waals surface area contributed by atoms with Crippen LogP contribution in [0, 0.1) is 0 Å². The topological polar surface area (TPSA) is 60.9 Å². The van der Waals surface area contributed by atoms with Gasteiger partial charge in [0.25, 0.3) is 0 Å². The average Bonchev–Trinajstić information content (AvgIpc) is 2.61. The third-order valence-electron chi connectivity index (χ3n) is 4.60. The largest absolute Gasteiger partial charge is 0.342 e. The second-order valence-electron chi connectivity index (χ2n) is 6.03. The fourth-order valence-corrected chi connectivity index (χ4v) is 3.14. The molecule has 0 unspecified atom stereocenters. The quantitative estimate of drug-likeness (QED) is 0.594. The standard InChI is InChI=1S/C17H21N3O3/c21-13-18-7-9-19(10-8-18)16(22)11-17(23)20-6-5-14-3-1-2-4-15(14)12-20/h1-4,13H,5-12H2. The molecule has 0 aliphatic carbocycles. The first-order valence-corrected chi connectivity index (χ1v) is 7.99. The van der Waals surface area contributed by atoms with E-state index in [9.17, 15) is 14.4 Å². The first-order chi connectivity index (χ1) is 11.2. The van der Waals surface area contributed by atoms with Crippen LogP contribution in [-0.4, -0.2) is 65.6 Å². The molecule has 1 fully saturated rings. The van der Waals surface area contributed by atoms with Crippen LogP contribution < -0.4 is 0 Å². The minimum absolute atomic E-state index is 0.0801. The summed E-state index contributed by atoms with van der Waals surface area (Å²) in [6, 6.07) is 8.12. The van der Waals surface area contributed by atoms with Crippen LogP contribution in [0.2, 0.25) is 0 Å². The van der Waals surface area contributed by atoms with Crippen molar-refractivity contribution in [2.24, 2.45) is 0 Å². The third kappa shape index (κ3) is 3.52. The van der Waals surface area contributed by atoms with Crippen molar-refractivity contribution in [3.63, 3.8) is 0 Å². The zero-order chi connectivity index (χ0) is 16.2. The summed E-state index contributed by atoms with van der Waals surface area (Å²) in [5.74, 6) is -0.248. The fraction of sp³-hybridized carbons (Fsp3) is 0.471. The van der Waals surface area contributed by atoms with E-state index < -0.39 is 0 Å². The van der Waals surface area contributed by atoms with E-state index in [0.29, 0.717) is 39.3 Å². The van der Waals surface area contributed by atoms with Gasteiger partial charge in [-0.1, -0.05) is 24.3 Å². The summed E-state index contributed by atoms with van der Waals surface area (Å²) in [5, 5.41) is 0. The highest BCUT2D eigenvalue weighted by Gasteiger charge is 2.26. The Bertz CT molecular complexity index is 609. The van der Waals surface area contributed by atoms with Gasteiger partial charge in [-0.15, -0.1) is 0 Å². The number of benzene rings is 1. The van der Waals surface area contributed by atoms with Crippen molar-refractivity contribution in [1.29, 1.82) is 0 Å². The monoisotopic (exact) mass is 315 g/mol.